The lowest BCUT2D eigenvalue weighted by Crippen LogP contribution is -2.38. The maximum Gasteiger partial charge on any atom is 0.249 e. The summed E-state index contributed by atoms with van der Waals surface area (Å²) in [7, 11) is 0. The molecule has 1 aromatic rings. The van der Waals surface area contributed by atoms with E-state index in [4.69, 9.17) is 10.00 Å². The second kappa shape index (κ2) is 9.22. The van der Waals surface area contributed by atoms with Gasteiger partial charge < -0.3 is 10.1 Å². The predicted molar refractivity (Wildman–Crippen MR) is 84.8 cm³/mol. The Balaban J connectivity index is 1.91. The van der Waals surface area contributed by atoms with E-state index in [0.29, 0.717) is 12.5 Å². The van der Waals surface area contributed by atoms with Crippen molar-refractivity contribution in [3.63, 3.8) is 0 Å². The number of hydrogen-bond acceptors (Lipinski definition) is 3. The summed E-state index contributed by atoms with van der Waals surface area (Å²) in [5.74, 6) is 0.394. The maximum atomic E-state index is 12.2. The Morgan fingerprint density at radius 1 is 1.27 bits per heavy atom. The number of nitrogens with zero attached hydrogens (tertiary/aromatic N) is 1. The first kappa shape index (κ1) is 16.5. The number of hydrogen-bond donors (Lipinski definition) is 1. The van der Waals surface area contributed by atoms with Gasteiger partial charge in [-0.25, -0.2) is 0 Å². The zero-order chi connectivity index (χ0) is 15.6. The van der Waals surface area contributed by atoms with Gasteiger partial charge in [-0.05, 0) is 17.9 Å². The Morgan fingerprint density at radius 3 is 2.68 bits per heavy atom. The van der Waals surface area contributed by atoms with Crippen LogP contribution in [0.3, 0.4) is 0 Å². The molecule has 0 spiro atoms. The molecule has 0 heterocycles. The molecule has 0 bridgehead atoms. The van der Waals surface area contributed by atoms with E-state index in [0.717, 1.165) is 12.0 Å². The lowest BCUT2D eigenvalue weighted by Gasteiger charge is -2.26. The molecule has 22 heavy (non-hydrogen) atoms. The van der Waals surface area contributed by atoms with Crippen LogP contribution >= 0.6 is 0 Å². The average molecular weight is 300 g/mol. The quantitative estimate of drug-likeness (QED) is 0.787. The fraction of sp³-hybridized carbons (Fsp3) is 0.556. The molecule has 118 valence electrons. The lowest BCUT2D eigenvalue weighted by molar-refractivity contribution is -0.134. The lowest BCUT2D eigenvalue weighted by atomic mass is 9.85. The highest BCUT2D eigenvalue weighted by atomic mass is 16.5. The summed E-state index contributed by atoms with van der Waals surface area (Å²) >= 11 is 0. The maximum absolute atomic E-state index is 12.2. The Bertz CT molecular complexity index is 490. The van der Waals surface area contributed by atoms with Crippen LogP contribution in [0, 0.1) is 17.2 Å². The summed E-state index contributed by atoms with van der Waals surface area (Å²) in [5.41, 5.74) is 1.06. The smallest absolute Gasteiger partial charge is 0.249 e. The third kappa shape index (κ3) is 5.50. The molecule has 0 aromatic heterocycles. The van der Waals surface area contributed by atoms with Gasteiger partial charge in [-0.1, -0.05) is 62.4 Å². The molecule has 4 nitrogen and oxygen atoms in total. The molecule has 1 N–H and O–H groups in total. The second-order valence-electron chi connectivity index (χ2n) is 5.90. The molecule has 2 rings (SSSR count). The van der Waals surface area contributed by atoms with Gasteiger partial charge >= 0.3 is 0 Å². The van der Waals surface area contributed by atoms with Gasteiger partial charge in [0.05, 0.1) is 12.7 Å². The first-order chi connectivity index (χ1) is 10.8. The van der Waals surface area contributed by atoms with Crippen molar-refractivity contribution in [3.8, 4) is 6.07 Å². The molecule has 1 unspecified atom stereocenters. The Hall–Kier alpha value is -1.86. The minimum absolute atomic E-state index is 0.0364. The van der Waals surface area contributed by atoms with Gasteiger partial charge in [0.2, 0.25) is 5.91 Å². The number of amides is 1. The molecule has 0 aliphatic heterocycles. The van der Waals surface area contributed by atoms with Gasteiger partial charge in [-0.2, -0.15) is 5.26 Å². The number of nitrogens with one attached hydrogen (secondary N) is 1. The van der Waals surface area contributed by atoms with Crippen molar-refractivity contribution in [1.82, 2.24) is 5.32 Å². The SMILES string of the molecule is N#CCNC(=O)C(CC1CCCCC1)OCc1ccccc1. The zero-order valence-corrected chi connectivity index (χ0v) is 13.0. The van der Waals surface area contributed by atoms with E-state index in [2.05, 4.69) is 5.32 Å². The van der Waals surface area contributed by atoms with Crippen molar-refractivity contribution < 1.29 is 9.53 Å². The van der Waals surface area contributed by atoms with E-state index >= 15 is 0 Å². The number of benzene rings is 1. The molecule has 1 atom stereocenters. The minimum atomic E-state index is -0.461. The fourth-order valence-corrected chi connectivity index (χ4v) is 2.99. The largest absolute Gasteiger partial charge is 0.364 e. The van der Waals surface area contributed by atoms with Gasteiger partial charge in [0.15, 0.2) is 0 Å². The van der Waals surface area contributed by atoms with Crippen LogP contribution in [-0.2, 0) is 16.1 Å². The first-order valence-electron chi connectivity index (χ1n) is 8.10. The molecule has 1 fully saturated rings. The topological polar surface area (TPSA) is 62.1 Å². The van der Waals surface area contributed by atoms with Crippen molar-refractivity contribution in [2.75, 3.05) is 6.54 Å². The fourth-order valence-electron chi connectivity index (χ4n) is 2.99. The standard InChI is InChI=1S/C18H24N2O2/c19-11-12-20-18(21)17(13-15-7-3-1-4-8-15)22-14-16-9-5-2-6-10-16/h2,5-6,9-10,15,17H,1,3-4,7-8,12-14H2,(H,20,21). The van der Waals surface area contributed by atoms with Crippen LogP contribution < -0.4 is 5.32 Å². The molecule has 1 amide bonds. The van der Waals surface area contributed by atoms with Gasteiger partial charge in [-0.15, -0.1) is 0 Å². The summed E-state index contributed by atoms with van der Waals surface area (Å²) in [6, 6.07) is 11.8. The minimum Gasteiger partial charge on any atom is -0.364 e. The molecule has 1 aliphatic carbocycles. The monoisotopic (exact) mass is 300 g/mol. The molecule has 1 aromatic carbocycles. The number of nitriles is 1. The number of ether oxygens (including phenoxy) is 1. The van der Waals surface area contributed by atoms with Crippen LogP contribution in [0.2, 0.25) is 0 Å². The molecular formula is C18H24N2O2. The van der Waals surface area contributed by atoms with Gasteiger partial charge in [0, 0.05) is 0 Å². The highest BCUT2D eigenvalue weighted by molar-refractivity contribution is 5.80. The Morgan fingerprint density at radius 2 is 2.00 bits per heavy atom. The molecule has 4 heteroatoms. The number of carbonyl (C=O) groups excluding carboxylic acids is 1. The van der Waals surface area contributed by atoms with E-state index in [1.54, 1.807) is 0 Å². The van der Waals surface area contributed by atoms with E-state index < -0.39 is 6.10 Å². The summed E-state index contributed by atoms with van der Waals surface area (Å²) in [5, 5.41) is 11.3. The molecular weight excluding hydrogens is 276 g/mol. The van der Waals surface area contributed by atoms with Crippen LogP contribution in [0.4, 0.5) is 0 Å². The van der Waals surface area contributed by atoms with Crippen LogP contribution in [-0.4, -0.2) is 18.6 Å². The van der Waals surface area contributed by atoms with Gasteiger partial charge in [-0.3, -0.25) is 4.79 Å². The normalized spacial score (nSPS) is 16.7. The number of rotatable bonds is 7. The van der Waals surface area contributed by atoms with Crippen molar-refractivity contribution in [2.45, 2.75) is 51.2 Å². The summed E-state index contributed by atoms with van der Waals surface area (Å²) in [6.07, 6.45) is 6.44. The van der Waals surface area contributed by atoms with Crippen LogP contribution in [0.5, 0.6) is 0 Å². The molecule has 0 saturated heterocycles. The highest BCUT2D eigenvalue weighted by Crippen LogP contribution is 2.28. The third-order valence-electron chi connectivity index (χ3n) is 4.20. The van der Waals surface area contributed by atoms with Crippen LogP contribution in [0.15, 0.2) is 30.3 Å². The second-order valence-corrected chi connectivity index (χ2v) is 5.90. The van der Waals surface area contributed by atoms with Crippen molar-refractivity contribution in [2.24, 2.45) is 5.92 Å². The van der Waals surface area contributed by atoms with Gasteiger partial charge in [0.25, 0.3) is 0 Å². The van der Waals surface area contributed by atoms with Crippen molar-refractivity contribution >= 4 is 5.91 Å². The zero-order valence-electron chi connectivity index (χ0n) is 13.0. The number of carbonyl (C=O) groups is 1. The van der Waals surface area contributed by atoms with Crippen LogP contribution in [0.1, 0.15) is 44.1 Å². The Labute approximate surface area is 132 Å². The summed E-state index contributed by atoms with van der Waals surface area (Å²) < 4.78 is 5.87. The predicted octanol–water partition coefficient (Wildman–Crippen LogP) is 3.18. The van der Waals surface area contributed by atoms with Crippen molar-refractivity contribution in [3.05, 3.63) is 35.9 Å². The summed E-state index contributed by atoms with van der Waals surface area (Å²) in [6.45, 7) is 0.465. The van der Waals surface area contributed by atoms with E-state index in [1.165, 1.54) is 32.1 Å². The first-order valence-corrected chi connectivity index (χ1v) is 8.10. The van der Waals surface area contributed by atoms with Crippen LogP contribution in [0.25, 0.3) is 0 Å². The van der Waals surface area contributed by atoms with E-state index in [-0.39, 0.29) is 12.5 Å². The Kier molecular flexibility index (Phi) is 6.92. The highest BCUT2D eigenvalue weighted by Gasteiger charge is 2.24. The molecule has 0 radical (unpaired) electrons. The third-order valence-corrected chi connectivity index (χ3v) is 4.20. The van der Waals surface area contributed by atoms with Gasteiger partial charge in [0.1, 0.15) is 12.6 Å². The van der Waals surface area contributed by atoms with E-state index in [1.807, 2.05) is 36.4 Å². The average Bonchev–Trinajstić information content (AvgIpc) is 2.58. The molecule has 1 saturated carbocycles. The molecule has 1 aliphatic rings. The van der Waals surface area contributed by atoms with E-state index in [9.17, 15) is 4.79 Å². The summed E-state index contributed by atoms with van der Waals surface area (Å²) in [4.78, 5) is 12.2. The van der Waals surface area contributed by atoms with Crippen molar-refractivity contribution in [1.29, 1.82) is 5.26 Å².